The van der Waals surface area contributed by atoms with E-state index in [2.05, 4.69) is 0 Å². The molecule has 0 radical (unpaired) electrons. The summed E-state index contributed by atoms with van der Waals surface area (Å²) >= 11 is -0.387. The fraction of sp³-hybridized carbons (Fsp3) is 0.455. The Bertz CT molecular complexity index is 474. The zero-order valence-electron chi connectivity index (χ0n) is 10.7. The monoisotopic (exact) mass is 313 g/mol. The van der Waals surface area contributed by atoms with Gasteiger partial charge in [-0.05, 0) is 29.5 Å². The van der Waals surface area contributed by atoms with Gasteiger partial charge in [-0.1, -0.05) is 0 Å². The van der Waals surface area contributed by atoms with Crippen LogP contribution in [-0.2, 0) is 6.42 Å². The van der Waals surface area contributed by atoms with Crippen molar-refractivity contribution in [3.63, 3.8) is 0 Å². The summed E-state index contributed by atoms with van der Waals surface area (Å²) < 4.78 is 47.4. The summed E-state index contributed by atoms with van der Waals surface area (Å²) in [5.41, 5.74) is 0.667. The van der Waals surface area contributed by atoms with Crippen molar-refractivity contribution in [2.75, 3.05) is 14.2 Å². The van der Waals surface area contributed by atoms with E-state index in [9.17, 15) is 13.2 Å². The Morgan fingerprint density at radius 1 is 1.20 bits per heavy atom. The van der Waals surface area contributed by atoms with Crippen LogP contribution < -0.4 is 15.2 Å². The molecule has 9 heteroatoms. The van der Waals surface area contributed by atoms with Crippen molar-refractivity contribution in [1.82, 2.24) is 0 Å². The Labute approximate surface area is 117 Å². The molecule has 20 heavy (non-hydrogen) atoms. The molecular weight excluding hydrogens is 299 g/mol. The van der Waals surface area contributed by atoms with Crippen molar-refractivity contribution in [2.24, 2.45) is 5.73 Å². The Balaban J connectivity index is 3.27. The van der Waals surface area contributed by atoms with Crippen molar-refractivity contribution in [2.45, 2.75) is 22.7 Å². The number of rotatable bonds is 5. The minimum Gasteiger partial charge on any atom is -0.493 e. The van der Waals surface area contributed by atoms with E-state index >= 15 is 0 Å². The maximum absolute atomic E-state index is 12.5. The smallest absolute Gasteiger partial charge is 0.446 e. The third-order valence-corrected chi connectivity index (χ3v) is 2.95. The summed E-state index contributed by atoms with van der Waals surface area (Å²) in [4.78, 5) is -0.251. The lowest BCUT2D eigenvalue weighted by Gasteiger charge is -2.19. The first kappa shape index (κ1) is 16.9. The summed E-state index contributed by atoms with van der Waals surface area (Å²) in [6.45, 7) is 0. The van der Waals surface area contributed by atoms with Crippen LogP contribution in [0.1, 0.15) is 5.56 Å². The second kappa shape index (κ2) is 6.08. The molecule has 0 spiro atoms. The zero-order chi connectivity index (χ0) is 15.6. The van der Waals surface area contributed by atoms with Gasteiger partial charge in [-0.15, -0.1) is 0 Å². The number of aliphatic hydroxyl groups is 2. The minimum absolute atomic E-state index is 0.0426. The van der Waals surface area contributed by atoms with E-state index in [1.54, 1.807) is 0 Å². The summed E-state index contributed by atoms with van der Waals surface area (Å²) in [6.07, 6.45) is -0.460. The maximum Gasteiger partial charge on any atom is 0.446 e. The molecule has 0 atom stereocenters. The standard InChI is InChI=1S/C11H14F3NO4S/c1-18-7-3-6(5-10(15,16)17)4-8(9(7)19-2)20-11(12,13)14/h3-4,16-17H,5,15H2,1-2H3. The molecule has 0 aromatic heterocycles. The molecule has 5 nitrogen and oxygen atoms in total. The minimum atomic E-state index is -4.52. The van der Waals surface area contributed by atoms with Gasteiger partial charge in [0.15, 0.2) is 11.5 Å². The highest BCUT2D eigenvalue weighted by Crippen LogP contribution is 2.45. The molecule has 0 saturated heterocycles. The number of benzene rings is 1. The van der Waals surface area contributed by atoms with Crippen LogP contribution in [0.4, 0.5) is 13.2 Å². The zero-order valence-corrected chi connectivity index (χ0v) is 11.5. The Morgan fingerprint density at radius 2 is 1.80 bits per heavy atom. The molecule has 0 heterocycles. The molecule has 0 aliphatic rings. The molecule has 114 valence electrons. The van der Waals surface area contributed by atoms with Crippen LogP contribution in [-0.4, -0.2) is 35.9 Å². The molecule has 0 aliphatic heterocycles. The van der Waals surface area contributed by atoms with Crippen LogP contribution in [0.15, 0.2) is 17.0 Å². The van der Waals surface area contributed by atoms with Gasteiger partial charge >= 0.3 is 5.51 Å². The molecule has 0 fully saturated rings. The predicted octanol–water partition coefficient (Wildman–Crippen LogP) is 1.46. The number of nitrogens with two attached hydrogens (primary N) is 1. The molecule has 4 N–H and O–H groups in total. The third-order valence-electron chi connectivity index (χ3n) is 2.19. The molecule has 0 amide bonds. The van der Waals surface area contributed by atoms with E-state index in [4.69, 9.17) is 25.4 Å². The average Bonchev–Trinajstić information content (AvgIpc) is 2.23. The maximum atomic E-state index is 12.5. The van der Waals surface area contributed by atoms with E-state index in [0.29, 0.717) is 0 Å². The quantitative estimate of drug-likeness (QED) is 0.564. The van der Waals surface area contributed by atoms with Gasteiger partial charge < -0.3 is 19.7 Å². The van der Waals surface area contributed by atoms with Crippen molar-refractivity contribution >= 4 is 11.8 Å². The van der Waals surface area contributed by atoms with Crippen LogP contribution in [0.3, 0.4) is 0 Å². The van der Waals surface area contributed by atoms with Crippen molar-refractivity contribution in [1.29, 1.82) is 0 Å². The summed E-state index contributed by atoms with van der Waals surface area (Å²) in [5.74, 6) is -2.57. The van der Waals surface area contributed by atoms with E-state index in [-0.39, 0.29) is 33.7 Å². The largest absolute Gasteiger partial charge is 0.493 e. The topological polar surface area (TPSA) is 84.9 Å². The first-order chi connectivity index (χ1) is 9.05. The van der Waals surface area contributed by atoms with Crippen molar-refractivity contribution < 1.29 is 32.9 Å². The van der Waals surface area contributed by atoms with E-state index in [1.165, 1.54) is 20.3 Å². The molecule has 0 bridgehead atoms. The van der Waals surface area contributed by atoms with Crippen LogP contribution in [0.2, 0.25) is 0 Å². The number of hydrogen-bond acceptors (Lipinski definition) is 6. The molecule has 1 rings (SSSR count). The fourth-order valence-corrected chi connectivity index (χ4v) is 2.32. The highest BCUT2D eigenvalue weighted by Gasteiger charge is 2.32. The van der Waals surface area contributed by atoms with E-state index < -0.39 is 17.8 Å². The van der Waals surface area contributed by atoms with Crippen LogP contribution in [0.5, 0.6) is 11.5 Å². The summed E-state index contributed by atoms with van der Waals surface area (Å²) in [5, 5.41) is 18.2. The molecule has 0 unspecified atom stereocenters. The second-order valence-electron chi connectivity index (χ2n) is 3.93. The van der Waals surface area contributed by atoms with Gasteiger partial charge in [0.25, 0.3) is 0 Å². The summed E-state index contributed by atoms with van der Waals surface area (Å²) in [7, 11) is 2.47. The van der Waals surface area contributed by atoms with E-state index in [1.807, 2.05) is 0 Å². The Morgan fingerprint density at radius 3 is 2.20 bits per heavy atom. The average molecular weight is 313 g/mol. The highest BCUT2D eigenvalue weighted by atomic mass is 32.2. The van der Waals surface area contributed by atoms with Gasteiger partial charge in [-0.25, -0.2) is 0 Å². The van der Waals surface area contributed by atoms with Crippen LogP contribution in [0.25, 0.3) is 0 Å². The van der Waals surface area contributed by atoms with Gasteiger partial charge in [0.05, 0.1) is 19.1 Å². The second-order valence-corrected chi connectivity index (χ2v) is 5.04. The van der Waals surface area contributed by atoms with Crippen molar-refractivity contribution in [3.8, 4) is 11.5 Å². The summed E-state index contributed by atoms with van der Waals surface area (Å²) in [6, 6.07) is 2.45. The van der Waals surface area contributed by atoms with Gasteiger partial charge in [0, 0.05) is 6.42 Å². The lowest BCUT2D eigenvalue weighted by Crippen LogP contribution is -2.41. The number of halogens is 3. The first-order valence-corrected chi connectivity index (χ1v) is 6.11. The van der Waals surface area contributed by atoms with Crippen molar-refractivity contribution in [3.05, 3.63) is 17.7 Å². The molecule has 0 aliphatic carbocycles. The number of ether oxygens (including phenoxy) is 2. The Hall–Kier alpha value is -1.16. The van der Waals surface area contributed by atoms with Gasteiger partial charge in [-0.3, -0.25) is 5.73 Å². The number of thioether (sulfide) groups is 1. The predicted molar refractivity (Wildman–Crippen MR) is 66.5 cm³/mol. The number of hydrogen-bond donors (Lipinski definition) is 3. The normalized spacial score (nSPS) is 12.4. The van der Waals surface area contributed by atoms with Crippen LogP contribution >= 0.6 is 11.8 Å². The third kappa shape index (κ3) is 5.08. The van der Waals surface area contributed by atoms with Gasteiger partial charge in [0.1, 0.15) is 0 Å². The van der Waals surface area contributed by atoms with Gasteiger partial charge in [0.2, 0.25) is 5.91 Å². The molecular formula is C11H14F3NO4S. The van der Waals surface area contributed by atoms with Crippen LogP contribution in [0, 0.1) is 0 Å². The molecule has 0 saturated carbocycles. The SMILES string of the molecule is COc1cc(CC(N)(O)O)cc(SC(F)(F)F)c1OC. The lowest BCUT2D eigenvalue weighted by atomic mass is 10.1. The number of methoxy groups -OCH3 is 2. The fourth-order valence-electron chi connectivity index (χ4n) is 1.59. The highest BCUT2D eigenvalue weighted by molar-refractivity contribution is 8.00. The first-order valence-electron chi connectivity index (χ1n) is 5.30. The molecule has 1 aromatic rings. The van der Waals surface area contributed by atoms with Gasteiger partial charge in [-0.2, -0.15) is 13.2 Å². The lowest BCUT2D eigenvalue weighted by molar-refractivity contribution is -0.153. The van der Waals surface area contributed by atoms with E-state index in [0.717, 1.165) is 6.07 Å². The molecule has 1 aromatic carbocycles. The number of alkyl halides is 3. The Kier molecular flexibility index (Phi) is 5.14.